The fourth-order valence-corrected chi connectivity index (χ4v) is 13.4. The van der Waals surface area contributed by atoms with Crippen LogP contribution in [-0.2, 0) is 30.0 Å². The van der Waals surface area contributed by atoms with E-state index in [2.05, 4.69) is 79.3 Å². The van der Waals surface area contributed by atoms with Crippen molar-refractivity contribution in [2.45, 2.75) is 160 Å². The van der Waals surface area contributed by atoms with Crippen LogP contribution < -0.4 is 4.74 Å². The predicted molar refractivity (Wildman–Crippen MR) is 202 cm³/mol. The van der Waals surface area contributed by atoms with Crippen LogP contribution in [0.5, 0.6) is 5.75 Å². The van der Waals surface area contributed by atoms with Gasteiger partial charge in [-0.15, -0.1) is 0 Å². The first-order chi connectivity index (χ1) is 23.2. The van der Waals surface area contributed by atoms with Gasteiger partial charge in [-0.1, -0.05) is 97.1 Å². The van der Waals surface area contributed by atoms with Crippen molar-refractivity contribution in [3.8, 4) is 5.75 Å². The first-order valence-corrected chi connectivity index (χ1v) is 20.8. The van der Waals surface area contributed by atoms with Crippen molar-refractivity contribution in [1.82, 2.24) is 0 Å². The average Bonchev–Trinajstić information content (AvgIpc) is 3.40. The molecule has 2 heterocycles. The minimum absolute atomic E-state index is 0.0135. The number of ether oxygens (including phenoxy) is 5. The quantitative estimate of drug-likeness (QED) is 0.101. The second-order valence-electron chi connectivity index (χ2n) is 15.7. The summed E-state index contributed by atoms with van der Waals surface area (Å²) >= 11 is 0. The number of aliphatic hydroxyl groups excluding tert-OH is 1. The van der Waals surface area contributed by atoms with Gasteiger partial charge in [-0.05, 0) is 86.2 Å². The second-order valence-corrected chi connectivity index (χ2v) is 21.1. The van der Waals surface area contributed by atoms with Crippen LogP contribution in [0.25, 0.3) is 0 Å². The number of hydrogen-bond donors (Lipinski definition) is 1. The molecule has 7 nitrogen and oxygen atoms in total. The molecule has 1 saturated heterocycles. The minimum Gasteiger partial charge on any atom is -0.497 e. The molecular formula is C41H68O7Si. The van der Waals surface area contributed by atoms with Gasteiger partial charge < -0.3 is 33.2 Å². The first kappa shape index (κ1) is 41.6. The van der Waals surface area contributed by atoms with Crippen molar-refractivity contribution in [3.63, 3.8) is 0 Å². The molecule has 3 rings (SSSR count). The van der Waals surface area contributed by atoms with E-state index in [1.165, 1.54) is 5.57 Å². The van der Waals surface area contributed by atoms with Crippen molar-refractivity contribution < 1.29 is 33.2 Å². The smallest absolute Gasteiger partial charge is 0.201 e. The Morgan fingerprint density at radius 1 is 1.04 bits per heavy atom. The summed E-state index contributed by atoms with van der Waals surface area (Å²) in [5.74, 6) is 0.630. The standard InChI is InChI=1S/C41H68O7Si/c1-29(2)49(30(3)4,31(5)6)48-38(26-33(8)24-32(7)25-37-15-12-14-36(46-37)22-23-42)16-13-17-39(40-28-45-41(9,10)47-40)44-27-34-18-20-35(43-11)21-19-34/h12-14,16,18-21,29-32,36-40,42H,8,15,17,22-28H2,1-7,9-11H3/t32-,36-,37-,38?,39+,40-/m0/s1. The molecule has 0 aliphatic carbocycles. The molecule has 2 aliphatic rings. The van der Waals surface area contributed by atoms with Crippen LogP contribution in [0, 0.1) is 5.92 Å². The van der Waals surface area contributed by atoms with Gasteiger partial charge in [0.05, 0.1) is 44.7 Å². The zero-order valence-electron chi connectivity index (χ0n) is 32.3. The third-order valence-electron chi connectivity index (χ3n) is 10.2. The van der Waals surface area contributed by atoms with E-state index in [0.717, 1.165) is 37.0 Å². The van der Waals surface area contributed by atoms with E-state index in [1.54, 1.807) is 7.11 Å². The molecule has 0 bridgehead atoms. The van der Waals surface area contributed by atoms with Gasteiger partial charge in [0, 0.05) is 13.0 Å². The highest BCUT2D eigenvalue weighted by Crippen LogP contribution is 2.44. The van der Waals surface area contributed by atoms with E-state index in [4.69, 9.17) is 28.1 Å². The van der Waals surface area contributed by atoms with E-state index in [-0.39, 0.29) is 37.1 Å². The average molecular weight is 701 g/mol. The zero-order chi connectivity index (χ0) is 36.2. The molecule has 8 heteroatoms. The third kappa shape index (κ3) is 12.7. The first-order valence-electron chi connectivity index (χ1n) is 18.7. The van der Waals surface area contributed by atoms with Crippen LogP contribution >= 0.6 is 0 Å². The Morgan fingerprint density at radius 2 is 1.71 bits per heavy atom. The lowest BCUT2D eigenvalue weighted by Crippen LogP contribution is -2.50. The molecule has 6 atom stereocenters. The normalized spacial score (nSPS) is 23.1. The molecule has 278 valence electrons. The monoisotopic (exact) mass is 700 g/mol. The second kappa shape index (κ2) is 19.7. The molecule has 49 heavy (non-hydrogen) atoms. The summed E-state index contributed by atoms with van der Waals surface area (Å²) in [6, 6.07) is 8.00. The van der Waals surface area contributed by atoms with E-state index >= 15 is 0 Å². The molecule has 1 fully saturated rings. The molecule has 2 aliphatic heterocycles. The summed E-state index contributed by atoms with van der Waals surface area (Å²) in [6.45, 7) is 26.0. The zero-order valence-corrected chi connectivity index (χ0v) is 33.3. The highest BCUT2D eigenvalue weighted by Gasteiger charge is 2.46. The largest absolute Gasteiger partial charge is 0.497 e. The number of benzene rings is 1. The highest BCUT2D eigenvalue weighted by atomic mass is 28.4. The maximum Gasteiger partial charge on any atom is 0.201 e. The predicted octanol–water partition coefficient (Wildman–Crippen LogP) is 9.70. The summed E-state index contributed by atoms with van der Waals surface area (Å²) in [6.07, 6.45) is 13.5. The van der Waals surface area contributed by atoms with E-state index < -0.39 is 14.1 Å². The number of methoxy groups -OCH3 is 1. The van der Waals surface area contributed by atoms with Crippen LogP contribution in [0.4, 0.5) is 0 Å². The molecule has 1 N–H and O–H groups in total. The van der Waals surface area contributed by atoms with Crippen molar-refractivity contribution in [2.75, 3.05) is 20.3 Å². The van der Waals surface area contributed by atoms with Gasteiger partial charge in [0.25, 0.3) is 0 Å². The summed E-state index contributed by atoms with van der Waals surface area (Å²) < 4.78 is 37.7. The molecule has 0 spiro atoms. The molecule has 1 aromatic rings. The van der Waals surface area contributed by atoms with Crippen LogP contribution in [0.2, 0.25) is 16.6 Å². The van der Waals surface area contributed by atoms with E-state index in [0.29, 0.717) is 48.6 Å². The number of rotatable bonds is 21. The van der Waals surface area contributed by atoms with Crippen molar-refractivity contribution in [3.05, 3.63) is 66.3 Å². The lowest BCUT2D eigenvalue weighted by Gasteiger charge is -2.44. The van der Waals surface area contributed by atoms with Crippen LogP contribution in [0.3, 0.4) is 0 Å². The van der Waals surface area contributed by atoms with Gasteiger partial charge in [0.2, 0.25) is 8.32 Å². The van der Waals surface area contributed by atoms with Gasteiger partial charge in [0.15, 0.2) is 5.79 Å². The Balaban J connectivity index is 1.76. The van der Waals surface area contributed by atoms with Gasteiger partial charge in [0.1, 0.15) is 11.9 Å². The van der Waals surface area contributed by atoms with Crippen LogP contribution in [-0.4, -0.2) is 70.1 Å². The van der Waals surface area contributed by atoms with Crippen molar-refractivity contribution >= 4 is 8.32 Å². The summed E-state index contributed by atoms with van der Waals surface area (Å²) in [7, 11) is -0.488. The van der Waals surface area contributed by atoms with Crippen molar-refractivity contribution in [1.29, 1.82) is 0 Å². The summed E-state index contributed by atoms with van der Waals surface area (Å²) in [5, 5.41) is 9.37. The van der Waals surface area contributed by atoms with Gasteiger partial charge in [-0.3, -0.25) is 0 Å². The van der Waals surface area contributed by atoms with Gasteiger partial charge >= 0.3 is 0 Å². The minimum atomic E-state index is -2.16. The molecule has 1 aromatic carbocycles. The Bertz CT molecular complexity index is 1150. The maximum absolute atomic E-state index is 9.37. The van der Waals surface area contributed by atoms with Crippen LogP contribution in [0.1, 0.15) is 106 Å². The topological polar surface area (TPSA) is 75.6 Å². The lowest BCUT2D eigenvalue weighted by atomic mass is 9.91. The molecule has 0 radical (unpaired) electrons. The highest BCUT2D eigenvalue weighted by molar-refractivity contribution is 6.77. The Morgan fingerprint density at radius 3 is 2.29 bits per heavy atom. The van der Waals surface area contributed by atoms with Crippen molar-refractivity contribution in [2.24, 2.45) is 5.92 Å². The fraction of sp³-hybridized carbons (Fsp3) is 0.707. The Hall–Kier alpha value is -1.78. The third-order valence-corrected chi connectivity index (χ3v) is 16.3. The van der Waals surface area contributed by atoms with Gasteiger partial charge in [-0.25, -0.2) is 0 Å². The summed E-state index contributed by atoms with van der Waals surface area (Å²) in [4.78, 5) is 0. The molecule has 0 amide bonds. The van der Waals surface area contributed by atoms with Gasteiger partial charge in [-0.2, -0.15) is 0 Å². The maximum atomic E-state index is 9.37. The Kier molecular flexibility index (Phi) is 16.8. The molecular weight excluding hydrogens is 633 g/mol. The molecule has 0 aromatic heterocycles. The molecule has 1 unspecified atom stereocenters. The van der Waals surface area contributed by atoms with Crippen LogP contribution in [0.15, 0.2) is 60.7 Å². The lowest BCUT2D eigenvalue weighted by molar-refractivity contribution is -0.157. The molecule has 0 saturated carbocycles. The van der Waals surface area contributed by atoms with E-state index in [1.807, 2.05) is 38.1 Å². The SMILES string of the molecule is C=C(CC(C=CC[C@@H](OCc1ccc(OC)cc1)[C@@H]1COC(C)(C)O1)O[Si](C(C)C)(C(C)C)C(C)C)C[C@H](C)C[C@@H]1CC=C[C@@H](CCO)O1. The fourth-order valence-electron chi connectivity index (χ4n) is 7.90. The van der Waals surface area contributed by atoms with E-state index in [9.17, 15) is 5.11 Å². The summed E-state index contributed by atoms with van der Waals surface area (Å²) in [5.41, 5.74) is 3.73. The number of hydrogen-bond acceptors (Lipinski definition) is 7. The Labute approximate surface area is 299 Å². The number of aliphatic hydroxyl groups is 1.